The summed E-state index contributed by atoms with van der Waals surface area (Å²) >= 11 is 0. The van der Waals surface area contributed by atoms with E-state index in [4.69, 9.17) is 4.74 Å². The van der Waals surface area contributed by atoms with Gasteiger partial charge in [-0.2, -0.15) is 0 Å². The van der Waals surface area contributed by atoms with Crippen molar-refractivity contribution < 1.29 is 9.53 Å². The van der Waals surface area contributed by atoms with Crippen molar-refractivity contribution in [3.63, 3.8) is 0 Å². The smallest absolute Gasteiger partial charge is 0.315 e. The van der Waals surface area contributed by atoms with E-state index in [-0.39, 0.29) is 6.03 Å². The molecule has 0 bridgehead atoms. The fourth-order valence-corrected chi connectivity index (χ4v) is 2.58. The van der Waals surface area contributed by atoms with Gasteiger partial charge in [-0.3, -0.25) is 0 Å². The Morgan fingerprint density at radius 1 is 1.28 bits per heavy atom. The second kappa shape index (κ2) is 9.20. The van der Waals surface area contributed by atoms with E-state index in [1.165, 1.54) is 32.1 Å². The quantitative estimate of drug-likeness (QED) is 0.688. The van der Waals surface area contributed by atoms with E-state index in [9.17, 15) is 4.79 Å². The molecule has 0 heterocycles. The number of carbonyl (C=O) groups excluding carboxylic acids is 1. The van der Waals surface area contributed by atoms with Gasteiger partial charge in [0.05, 0.1) is 0 Å². The zero-order valence-electron chi connectivity index (χ0n) is 11.8. The predicted octanol–water partition coefficient (Wildman–Crippen LogP) is 2.68. The maximum atomic E-state index is 11.7. The van der Waals surface area contributed by atoms with Crippen LogP contribution < -0.4 is 10.6 Å². The van der Waals surface area contributed by atoms with Crippen molar-refractivity contribution in [1.29, 1.82) is 0 Å². The van der Waals surface area contributed by atoms with Crippen LogP contribution in [-0.2, 0) is 4.74 Å². The minimum Gasteiger partial charge on any atom is -0.385 e. The molecule has 0 aromatic rings. The highest BCUT2D eigenvalue weighted by Gasteiger charge is 2.20. The number of rotatable bonds is 7. The van der Waals surface area contributed by atoms with Gasteiger partial charge in [0.1, 0.15) is 0 Å². The Balaban J connectivity index is 2.07. The average Bonchev–Trinajstić information content (AvgIpc) is 2.39. The predicted molar refractivity (Wildman–Crippen MR) is 73.7 cm³/mol. The third-order valence-electron chi connectivity index (χ3n) is 3.78. The molecule has 1 aliphatic rings. The van der Waals surface area contributed by atoms with Crippen molar-refractivity contribution in [3.05, 3.63) is 0 Å². The van der Waals surface area contributed by atoms with Crippen LogP contribution in [0.15, 0.2) is 0 Å². The molecule has 2 amide bonds. The van der Waals surface area contributed by atoms with E-state index in [2.05, 4.69) is 17.6 Å². The molecule has 0 aliphatic heterocycles. The summed E-state index contributed by atoms with van der Waals surface area (Å²) in [6.07, 6.45) is 8.47. The van der Waals surface area contributed by atoms with E-state index in [0.717, 1.165) is 26.0 Å². The molecule has 1 rings (SSSR count). The molecule has 18 heavy (non-hydrogen) atoms. The Kier molecular flexibility index (Phi) is 7.81. The second-order valence-corrected chi connectivity index (χ2v) is 5.29. The lowest BCUT2D eigenvalue weighted by Crippen LogP contribution is -2.44. The number of hydrogen-bond donors (Lipinski definition) is 2. The van der Waals surface area contributed by atoms with Gasteiger partial charge in [0.15, 0.2) is 0 Å². The zero-order valence-corrected chi connectivity index (χ0v) is 11.8. The third-order valence-corrected chi connectivity index (χ3v) is 3.78. The topological polar surface area (TPSA) is 50.4 Å². The van der Waals surface area contributed by atoms with Crippen molar-refractivity contribution in [2.24, 2.45) is 5.92 Å². The van der Waals surface area contributed by atoms with Crippen LogP contribution in [-0.4, -0.2) is 32.3 Å². The normalized spacial score (nSPS) is 18.3. The molecule has 0 spiro atoms. The SMILES string of the molecule is COCCCCNC(=O)NC(C)C1CCCCC1. The molecule has 1 fully saturated rings. The number of ether oxygens (including phenoxy) is 1. The van der Waals surface area contributed by atoms with Crippen molar-refractivity contribution in [2.75, 3.05) is 20.3 Å². The van der Waals surface area contributed by atoms with Gasteiger partial charge in [0.25, 0.3) is 0 Å². The van der Waals surface area contributed by atoms with Gasteiger partial charge in [-0.05, 0) is 38.5 Å². The van der Waals surface area contributed by atoms with Gasteiger partial charge in [-0.1, -0.05) is 19.3 Å². The van der Waals surface area contributed by atoms with Crippen molar-refractivity contribution in [1.82, 2.24) is 10.6 Å². The standard InChI is InChI=1S/C14H28N2O2/c1-12(13-8-4-3-5-9-13)16-14(17)15-10-6-7-11-18-2/h12-13H,3-11H2,1-2H3,(H2,15,16,17). The summed E-state index contributed by atoms with van der Waals surface area (Å²) in [6, 6.07) is 0.273. The van der Waals surface area contributed by atoms with E-state index in [0.29, 0.717) is 12.0 Å². The van der Waals surface area contributed by atoms with Crippen LogP contribution in [0.4, 0.5) is 4.79 Å². The molecule has 1 aliphatic carbocycles. The van der Waals surface area contributed by atoms with Gasteiger partial charge < -0.3 is 15.4 Å². The van der Waals surface area contributed by atoms with Crippen LogP contribution in [0.25, 0.3) is 0 Å². The number of nitrogens with one attached hydrogen (secondary N) is 2. The van der Waals surface area contributed by atoms with Crippen LogP contribution >= 0.6 is 0 Å². The minimum absolute atomic E-state index is 0.0227. The molecule has 4 nitrogen and oxygen atoms in total. The molecule has 1 unspecified atom stereocenters. The second-order valence-electron chi connectivity index (χ2n) is 5.29. The van der Waals surface area contributed by atoms with Gasteiger partial charge in [0.2, 0.25) is 0 Å². The fourth-order valence-electron chi connectivity index (χ4n) is 2.58. The monoisotopic (exact) mass is 256 g/mol. The summed E-state index contributed by atoms with van der Waals surface area (Å²) in [6.45, 7) is 3.62. The molecule has 106 valence electrons. The summed E-state index contributed by atoms with van der Waals surface area (Å²) in [7, 11) is 1.70. The van der Waals surface area contributed by atoms with Crippen LogP contribution in [0.1, 0.15) is 51.9 Å². The highest BCUT2D eigenvalue weighted by Crippen LogP contribution is 2.26. The van der Waals surface area contributed by atoms with Crippen molar-refractivity contribution in [3.8, 4) is 0 Å². The molecule has 1 saturated carbocycles. The summed E-state index contributed by atoms with van der Waals surface area (Å²) in [5.41, 5.74) is 0. The molecule has 1 atom stereocenters. The Morgan fingerprint density at radius 3 is 2.67 bits per heavy atom. The molecule has 2 N–H and O–H groups in total. The maximum Gasteiger partial charge on any atom is 0.315 e. The number of amides is 2. The number of unbranched alkanes of at least 4 members (excludes halogenated alkanes) is 1. The average molecular weight is 256 g/mol. The number of hydrogen-bond acceptors (Lipinski definition) is 2. The van der Waals surface area contributed by atoms with E-state index >= 15 is 0 Å². The Bertz CT molecular complexity index is 228. The van der Waals surface area contributed by atoms with Crippen LogP contribution in [0.3, 0.4) is 0 Å². The molecule has 0 aromatic heterocycles. The van der Waals surface area contributed by atoms with Gasteiger partial charge >= 0.3 is 6.03 Å². The summed E-state index contributed by atoms with van der Waals surface area (Å²) < 4.78 is 4.96. The van der Waals surface area contributed by atoms with Crippen molar-refractivity contribution >= 4 is 6.03 Å². The van der Waals surface area contributed by atoms with Crippen LogP contribution in [0, 0.1) is 5.92 Å². The van der Waals surface area contributed by atoms with E-state index < -0.39 is 0 Å². The first-order valence-electron chi connectivity index (χ1n) is 7.27. The maximum absolute atomic E-state index is 11.7. The summed E-state index contributed by atoms with van der Waals surface area (Å²) in [4.78, 5) is 11.7. The summed E-state index contributed by atoms with van der Waals surface area (Å²) in [5.74, 6) is 0.665. The zero-order chi connectivity index (χ0) is 13.2. The molecular formula is C14H28N2O2. The Morgan fingerprint density at radius 2 is 2.00 bits per heavy atom. The highest BCUT2D eigenvalue weighted by molar-refractivity contribution is 5.74. The molecule has 0 aromatic carbocycles. The minimum atomic E-state index is -0.0227. The van der Waals surface area contributed by atoms with E-state index in [1.54, 1.807) is 7.11 Å². The third kappa shape index (κ3) is 6.24. The molecule has 0 radical (unpaired) electrons. The first-order chi connectivity index (χ1) is 8.74. The molecule has 4 heteroatoms. The molecule has 0 saturated heterocycles. The fraction of sp³-hybridized carbons (Fsp3) is 0.929. The van der Waals surface area contributed by atoms with Gasteiger partial charge in [0, 0.05) is 26.3 Å². The number of carbonyl (C=O) groups is 1. The largest absolute Gasteiger partial charge is 0.385 e. The van der Waals surface area contributed by atoms with Gasteiger partial charge in [-0.25, -0.2) is 4.79 Å². The first-order valence-corrected chi connectivity index (χ1v) is 7.27. The lowest BCUT2D eigenvalue weighted by Gasteiger charge is -2.28. The highest BCUT2D eigenvalue weighted by atomic mass is 16.5. The van der Waals surface area contributed by atoms with Crippen LogP contribution in [0.2, 0.25) is 0 Å². The Hall–Kier alpha value is -0.770. The lowest BCUT2D eigenvalue weighted by atomic mass is 9.85. The molecular weight excluding hydrogens is 228 g/mol. The van der Waals surface area contributed by atoms with Crippen LogP contribution in [0.5, 0.6) is 0 Å². The van der Waals surface area contributed by atoms with Crippen molar-refractivity contribution in [2.45, 2.75) is 57.9 Å². The first kappa shape index (κ1) is 15.3. The Labute approximate surface area is 111 Å². The van der Waals surface area contributed by atoms with E-state index in [1.807, 2.05) is 0 Å². The lowest BCUT2D eigenvalue weighted by molar-refractivity contribution is 0.192. The number of methoxy groups -OCH3 is 1. The number of urea groups is 1. The van der Waals surface area contributed by atoms with Gasteiger partial charge in [-0.15, -0.1) is 0 Å². The summed E-state index contributed by atoms with van der Waals surface area (Å²) in [5, 5.41) is 5.97.